The predicted octanol–water partition coefficient (Wildman–Crippen LogP) is 2.58. The van der Waals surface area contributed by atoms with Crippen LogP contribution in [0.3, 0.4) is 0 Å². The third-order valence-corrected chi connectivity index (χ3v) is 4.98. The van der Waals surface area contributed by atoms with Gasteiger partial charge in [0, 0.05) is 23.3 Å². The zero-order valence-electron chi connectivity index (χ0n) is 15.2. The molecule has 1 heterocycles. The van der Waals surface area contributed by atoms with Crippen LogP contribution in [0.15, 0.2) is 48.5 Å². The van der Waals surface area contributed by atoms with E-state index in [1.807, 2.05) is 0 Å². The van der Waals surface area contributed by atoms with Crippen molar-refractivity contribution in [2.75, 3.05) is 12.4 Å². The summed E-state index contributed by atoms with van der Waals surface area (Å²) in [6.45, 7) is 0. The standard InChI is InChI=1S/C19H16ClFN4O3S/c1-24-18(28)15(10-16(26)22-14-8-6-13(21)7-9-14)25(19(24)29)23-17(27)11-2-4-12(20)5-3-11/h2-9,15H,10H2,1H3,(H,22,26)(H,23,27). The molecular weight excluding hydrogens is 419 g/mol. The van der Waals surface area contributed by atoms with Crippen molar-refractivity contribution >= 4 is 52.3 Å². The Hall–Kier alpha value is -3.04. The summed E-state index contributed by atoms with van der Waals surface area (Å²) in [4.78, 5) is 38.6. The van der Waals surface area contributed by atoms with Gasteiger partial charge >= 0.3 is 0 Å². The Kier molecular flexibility index (Phi) is 6.09. The first kappa shape index (κ1) is 20.7. The van der Waals surface area contributed by atoms with E-state index in [1.54, 1.807) is 12.1 Å². The Labute approximate surface area is 176 Å². The minimum absolute atomic E-state index is 0.0666. The molecule has 3 amide bonds. The molecule has 0 radical (unpaired) electrons. The highest BCUT2D eigenvalue weighted by atomic mass is 35.5. The van der Waals surface area contributed by atoms with E-state index in [0.717, 1.165) is 0 Å². The number of amides is 3. The summed E-state index contributed by atoms with van der Waals surface area (Å²) in [6.07, 6.45) is -0.262. The number of rotatable bonds is 5. The number of hydrazine groups is 1. The second-order valence-electron chi connectivity index (χ2n) is 6.27. The third-order valence-electron chi connectivity index (χ3n) is 4.26. The van der Waals surface area contributed by atoms with E-state index in [4.69, 9.17) is 23.8 Å². The van der Waals surface area contributed by atoms with Crippen LogP contribution in [0.5, 0.6) is 0 Å². The average molecular weight is 435 g/mol. The Morgan fingerprint density at radius 3 is 2.38 bits per heavy atom. The number of carbonyl (C=O) groups is 3. The normalized spacial score (nSPS) is 16.2. The molecule has 2 N–H and O–H groups in total. The minimum Gasteiger partial charge on any atom is -0.326 e. The van der Waals surface area contributed by atoms with Crippen LogP contribution in [0.4, 0.5) is 10.1 Å². The number of likely N-dealkylation sites (N-methyl/N-ethyl adjacent to an activating group) is 1. The van der Waals surface area contributed by atoms with Gasteiger partial charge in [-0.3, -0.25) is 24.7 Å². The summed E-state index contributed by atoms with van der Waals surface area (Å²) >= 11 is 11.0. The van der Waals surface area contributed by atoms with Gasteiger partial charge in [-0.05, 0) is 60.7 Å². The Morgan fingerprint density at radius 1 is 1.14 bits per heavy atom. The van der Waals surface area contributed by atoms with Gasteiger partial charge in [0.05, 0.1) is 6.42 Å². The Bertz CT molecular complexity index is 968. The van der Waals surface area contributed by atoms with Gasteiger partial charge in [0.25, 0.3) is 11.8 Å². The summed E-state index contributed by atoms with van der Waals surface area (Å²) in [6, 6.07) is 10.4. The largest absolute Gasteiger partial charge is 0.326 e. The lowest BCUT2D eigenvalue weighted by atomic mass is 10.2. The molecule has 29 heavy (non-hydrogen) atoms. The summed E-state index contributed by atoms with van der Waals surface area (Å²) in [5.41, 5.74) is 3.27. The molecule has 1 saturated heterocycles. The smallest absolute Gasteiger partial charge is 0.269 e. The van der Waals surface area contributed by atoms with Gasteiger partial charge in [0.1, 0.15) is 11.9 Å². The molecule has 0 spiro atoms. The molecule has 7 nitrogen and oxygen atoms in total. The Balaban J connectivity index is 1.72. The lowest BCUT2D eigenvalue weighted by Gasteiger charge is -2.24. The lowest BCUT2D eigenvalue weighted by molar-refractivity contribution is -0.130. The molecule has 2 aromatic rings. The van der Waals surface area contributed by atoms with Crippen molar-refractivity contribution < 1.29 is 18.8 Å². The van der Waals surface area contributed by atoms with E-state index in [1.165, 1.54) is 53.4 Å². The molecule has 1 aliphatic heterocycles. The summed E-state index contributed by atoms with van der Waals surface area (Å²) in [5.74, 6) is -1.85. The van der Waals surface area contributed by atoms with Crippen molar-refractivity contribution in [1.29, 1.82) is 0 Å². The molecule has 1 fully saturated rings. The summed E-state index contributed by atoms with van der Waals surface area (Å²) in [5, 5.41) is 4.32. The summed E-state index contributed by atoms with van der Waals surface area (Å²) < 4.78 is 13.0. The second-order valence-corrected chi connectivity index (χ2v) is 7.07. The van der Waals surface area contributed by atoms with Gasteiger partial charge < -0.3 is 5.32 Å². The van der Waals surface area contributed by atoms with Crippen molar-refractivity contribution in [2.45, 2.75) is 12.5 Å². The molecule has 2 aromatic carbocycles. The van der Waals surface area contributed by atoms with Crippen LogP contribution in [0.1, 0.15) is 16.8 Å². The van der Waals surface area contributed by atoms with Gasteiger partial charge in [-0.25, -0.2) is 9.40 Å². The number of nitrogens with one attached hydrogen (secondary N) is 2. The molecule has 0 bridgehead atoms. The molecule has 1 unspecified atom stereocenters. The minimum atomic E-state index is -1.01. The fraction of sp³-hybridized carbons (Fsp3) is 0.158. The van der Waals surface area contributed by atoms with Crippen molar-refractivity contribution in [1.82, 2.24) is 15.3 Å². The van der Waals surface area contributed by atoms with Crippen LogP contribution in [0.25, 0.3) is 0 Å². The molecule has 1 aliphatic rings. The number of anilines is 1. The highest BCUT2D eigenvalue weighted by Gasteiger charge is 2.42. The van der Waals surface area contributed by atoms with Gasteiger partial charge in [-0.2, -0.15) is 0 Å². The predicted molar refractivity (Wildman–Crippen MR) is 110 cm³/mol. The van der Waals surface area contributed by atoms with Crippen molar-refractivity contribution in [3.63, 3.8) is 0 Å². The van der Waals surface area contributed by atoms with Crippen LogP contribution >= 0.6 is 23.8 Å². The highest BCUT2D eigenvalue weighted by Crippen LogP contribution is 2.19. The molecule has 3 rings (SSSR count). The van der Waals surface area contributed by atoms with Gasteiger partial charge in [0.2, 0.25) is 5.91 Å². The fourth-order valence-corrected chi connectivity index (χ4v) is 3.11. The highest BCUT2D eigenvalue weighted by molar-refractivity contribution is 7.80. The molecule has 150 valence electrons. The number of benzene rings is 2. The van der Waals surface area contributed by atoms with E-state index in [2.05, 4.69) is 10.7 Å². The van der Waals surface area contributed by atoms with Gasteiger partial charge in [-0.1, -0.05) is 11.6 Å². The number of thiocarbonyl (C=S) groups is 1. The van der Waals surface area contributed by atoms with Gasteiger partial charge in [-0.15, -0.1) is 0 Å². The monoisotopic (exact) mass is 434 g/mol. The maximum absolute atomic E-state index is 13.0. The quantitative estimate of drug-likeness (QED) is 0.707. The van der Waals surface area contributed by atoms with E-state index in [0.29, 0.717) is 16.3 Å². The number of carbonyl (C=O) groups excluding carboxylic acids is 3. The van der Waals surface area contributed by atoms with Crippen LogP contribution in [-0.2, 0) is 9.59 Å². The number of nitrogens with zero attached hydrogens (tertiary/aromatic N) is 2. The third kappa shape index (κ3) is 4.69. The van der Waals surface area contributed by atoms with Crippen LogP contribution in [-0.4, -0.2) is 45.8 Å². The maximum atomic E-state index is 13.0. The number of halogens is 2. The van der Waals surface area contributed by atoms with Crippen LogP contribution < -0.4 is 10.7 Å². The maximum Gasteiger partial charge on any atom is 0.269 e. The van der Waals surface area contributed by atoms with E-state index < -0.39 is 29.6 Å². The van der Waals surface area contributed by atoms with E-state index >= 15 is 0 Å². The molecular formula is C19H16ClFN4O3S. The first-order chi connectivity index (χ1) is 13.8. The molecule has 10 heteroatoms. The Morgan fingerprint density at radius 2 is 1.76 bits per heavy atom. The molecule has 0 aromatic heterocycles. The zero-order valence-corrected chi connectivity index (χ0v) is 16.8. The lowest BCUT2D eigenvalue weighted by Crippen LogP contribution is -2.49. The fourth-order valence-electron chi connectivity index (χ4n) is 2.72. The van der Waals surface area contributed by atoms with Crippen molar-refractivity contribution in [3.05, 3.63) is 64.9 Å². The first-order valence-electron chi connectivity index (χ1n) is 8.49. The molecule has 1 atom stereocenters. The molecule has 0 aliphatic carbocycles. The number of hydrogen-bond donors (Lipinski definition) is 2. The van der Waals surface area contributed by atoms with Crippen LogP contribution in [0, 0.1) is 5.82 Å². The second kappa shape index (κ2) is 8.54. The molecule has 0 saturated carbocycles. The van der Waals surface area contributed by atoms with E-state index in [-0.39, 0.29) is 11.5 Å². The first-order valence-corrected chi connectivity index (χ1v) is 9.27. The summed E-state index contributed by atoms with van der Waals surface area (Å²) in [7, 11) is 1.46. The van der Waals surface area contributed by atoms with Crippen LogP contribution in [0.2, 0.25) is 5.02 Å². The van der Waals surface area contributed by atoms with Crippen molar-refractivity contribution in [3.8, 4) is 0 Å². The van der Waals surface area contributed by atoms with E-state index in [9.17, 15) is 18.8 Å². The average Bonchev–Trinajstić information content (AvgIpc) is 2.88. The zero-order chi connectivity index (χ0) is 21.1. The van der Waals surface area contributed by atoms with Crippen molar-refractivity contribution in [2.24, 2.45) is 0 Å². The number of hydrogen-bond acceptors (Lipinski definition) is 4. The topological polar surface area (TPSA) is 81.8 Å². The van der Waals surface area contributed by atoms with Gasteiger partial charge in [0.15, 0.2) is 5.11 Å². The SMILES string of the molecule is CN1C(=O)C(CC(=O)Nc2ccc(F)cc2)N(NC(=O)c2ccc(Cl)cc2)C1=S.